The van der Waals surface area contributed by atoms with Gasteiger partial charge in [0.1, 0.15) is 16.4 Å². The third-order valence-corrected chi connectivity index (χ3v) is 4.91. The highest BCUT2D eigenvalue weighted by Gasteiger charge is 2.20. The van der Waals surface area contributed by atoms with Crippen LogP contribution in [-0.4, -0.2) is 39.0 Å². The Morgan fingerprint density at radius 2 is 2.00 bits per heavy atom. The van der Waals surface area contributed by atoms with Gasteiger partial charge in [-0.25, -0.2) is 13.1 Å². The predicted molar refractivity (Wildman–Crippen MR) is 86.3 cm³/mol. The van der Waals surface area contributed by atoms with Crippen molar-refractivity contribution in [3.8, 4) is 11.5 Å². The fraction of sp³-hybridized carbons (Fsp3) is 0.400. The van der Waals surface area contributed by atoms with Crippen molar-refractivity contribution in [3.63, 3.8) is 0 Å². The van der Waals surface area contributed by atoms with Crippen LogP contribution in [0.25, 0.3) is 0 Å². The Balaban J connectivity index is 2.02. The Morgan fingerprint density at radius 3 is 2.61 bits per heavy atom. The van der Waals surface area contributed by atoms with Crippen molar-refractivity contribution in [2.75, 3.05) is 20.8 Å². The van der Waals surface area contributed by atoms with Gasteiger partial charge in [0.15, 0.2) is 0 Å². The third-order valence-electron chi connectivity index (χ3n) is 3.43. The zero-order valence-corrected chi connectivity index (χ0v) is 14.3. The first-order valence-corrected chi connectivity index (χ1v) is 8.66. The fourth-order valence-electron chi connectivity index (χ4n) is 2.14. The number of rotatable bonds is 8. The van der Waals surface area contributed by atoms with Gasteiger partial charge in [-0.15, -0.1) is 0 Å². The first-order valence-electron chi connectivity index (χ1n) is 7.18. The first-order chi connectivity index (χ1) is 11.0. The largest absolute Gasteiger partial charge is 0.497 e. The molecule has 0 saturated heterocycles. The van der Waals surface area contributed by atoms with Gasteiger partial charge in [0.05, 0.1) is 14.2 Å². The molecule has 0 spiro atoms. The highest BCUT2D eigenvalue weighted by atomic mass is 32.2. The highest BCUT2D eigenvalue weighted by Crippen LogP contribution is 2.27. The smallest absolute Gasteiger partial charge is 0.244 e. The van der Waals surface area contributed by atoms with Crippen molar-refractivity contribution >= 4 is 10.0 Å². The van der Waals surface area contributed by atoms with Crippen molar-refractivity contribution < 1.29 is 17.9 Å². The van der Waals surface area contributed by atoms with Crippen LogP contribution in [-0.2, 0) is 16.6 Å². The number of hydrogen-bond acceptors (Lipinski definition) is 5. The van der Waals surface area contributed by atoms with Crippen LogP contribution < -0.4 is 14.2 Å². The topological polar surface area (TPSA) is 82.5 Å². The average molecular weight is 339 g/mol. The van der Waals surface area contributed by atoms with E-state index in [1.54, 1.807) is 18.3 Å². The van der Waals surface area contributed by atoms with E-state index in [0.29, 0.717) is 25.3 Å². The van der Waals surface area contributed by atoms with E-state index in [2.05, 4.69) is 9.82 Å². The van der Waals surface area contributed by atoms with Gasteiger partial charge in [0, 0.05) is 31.0 Å². The number of aryl methyl sites for hydroxylation is 2. The Kier molecular flexibility index (Phi) is 5.62. The van der Waals surface area contributed by atoms with Crippen LogP contribution in [0, 0.1) is 6.92 Å². The summed E-state index contributed by atoms with van der Waals surface area (Å²) in [6, 6.07) is 6.57. The molecule has 0 aliphatic carbocycles. The lowest BCUT2D eigenvalue weighted by Crippen LogP contribution is -2.26. The second kappa shape index (κ2) is 7.47. The number of hydrogen-bond donors (Lipinski definition) is 1. The molecular formula is C15H21N3O4S. The first kappa shape index (κ1) is 17.3. The highest BCUT2D eigenvalue weighted by molar-refractivity contribution is 7.89. The van der Waals surface area contributed by atoms with Crippen LogP contribution in [0.2, 0.25) is 0 Å². The van der Waals surface area contributed by atoms with Crippen LogP contribution >= 0.6 is 0 Å². The summed E-state index contributed by atoms with van der Waals surface area (Å²) in [5.41, 5.74) is 1.04. The summed E-state index contributed by atoms with van der Waals surface area (Å²) in [5, 5.41) is 4.16. The van der Waals surface area contributed by atoms with E-state index in [4.69, 9.17) is 9.47 Å². The average Bonchev–Trinajstić information content (AvgIpc) is 2.96. The van der Waals surface area contributed by atoms with Gasteiger partial charge < -0.3 is 9.47 Å². The van der Waals surface area contributed by atoms with E-state index < -0.39 is 10.0 Å². The fourth-order valence-corrected chi connectivity index (χ4v) is 3.40. The molecule has 8 heteroatoms. The Hall–Kier alpha value is -2.06. The molecule has 1 aromatic carbocycles. The molecule has 0 radical (unpaired) electrons. The molecule has 0 aliphatic rings. The second-order valence-electron chi connectivity index (χ2n) is 4.96. The lowest BCUT2D eigenvalue weighted by molar-refractivity contribution is 0.392. The monoisotopic (exact) mass is 339 g/mol. The van der Waals surface area contributed by atoms with Crippen LogP contribution in [0.15, 0.2) is 35.4 Å². The summed E-state index contributed by atoms with van der Waals surface area (Å²) in [6.45, 7) is 2.91. The molecule has 1 heterocycles. The minimum Gasteiger partial charge on any atom is -0.497 e. The zero-order valence-electron chi connectivity index (χ0n) is 13.4. The number of sulfonamides is 1. The molecule has 7 nitrogen and oxygen atoms in total. The van der Waals surface area contributed by atoms with Crippen LogP contribution in [0.4, 0.5) is 0 Å². The number of methoxy groups -OCH3 is 2. The molecule has 0 amide bonds. The van der Waals surface area contributed by atoms with Crippen LogP contribution in [0.5, 0.6) is 11.5 Å². The summed E-state index contributed by atoms with van der Waals surface area (Å²) in [6.07, 6.45) is 2.36. The third kappa shape index (κ3) is 4.23. The molecule has 0 aliphatic heterocycles. The SMILES string of the molecule is COc1ccc(OC)c(S(=O)(=O)NCCCn2nccc2C)c1. The summed E-state index contributed by atoms with van der Waals surface area (Å²) in [5.74, 6) is 0.736. The molecule has 1 N–H and O–H groups in total. The summed E-state index contributed by atoms with van der Waals surface area (Å²) < 4.78 is 39.5. The number of aromatic nitrogens is 2. The molecule has 2 aromatic rings. The van der Waals surface area contributed by atoms with E-state index in [-0.39, 0.29) is 10.6 Å². The van der Waals surface area contributed by atoms with Crippen molar-refractivity contribution in [2.24, 2.45) is 0 Å². The summed E-state index contributed by atoms with van der Waals surface area (Å²) in [7, 11) is -0.755. The Labute approximate surface area is 136 Å². The van der Waals surface area contributed by atoms with E-state index in [1.165, 1.54) is 20.3 Å². The molecule has 23 heavy (non-hydrogen) atoms. The molecule has 0 saturated carbocycles. The molecular weight excluding hydrogens is 318 g/mol. The van der Waals surface area contributed by atoms with Gasteiger partial charge >= 0.3 is 0 Å². The number of benzene rings is 1. The molecule has 2 rings (SSSR count). The lowest BCUT2D eigenvalue weighted by atomic mass is 10.3. The van der Waals surface area contributed by atoms with Gasteiger partial charge in [-0.2, -0.15) is 5.10 Å². The normalized spacial score (nSPS) is 11.4. The minimum atomic E-state index is -3.67. The van der Waals surface area contributed by atoms with Crippen molar-refractivity contribution in [3.05, 3.63) is 36.2 Å². The molecule has 0 atom stereocenters. The van der Waals surface area contributed by atoms with Gasteiger partial charge in [-0.3, -0.25) is 4.68 Å². The van der Waals surface area contributed by atoms with Gasteiger partial charge in [-0.1, -0.05) is 0 Å². The van der Waals surface area contributed by atoms with E-state index in [0.717, 1.165) is 5.69 Å². The van der Waals surface area contributed by atoms with E-state index in [9.17, 15) is 8.42 Å². The maximum Gasteiger partial charge on any atom is 0.244 e. The minimum absolute atomic E-state index is 0.0645. The summed E-state index contributed by atoms with van der Waals surface area (Å²) >= 11 is 0. The maximum absolute atomic E-state index is 12.4. The standard InChI is InChI=1S/C15H21N3O4S/c1-12-7-9-16-18(12)10-4-8-17-23(19,20)15-11-13(21-2)5-6-14(15)22-3/h5-7,9,11,17H,4,8,10H2,1-3H3. The van der Waals surface area contributed by atoms with E-state index in [1.807, 2.05) is 17.7 Å². The molecule has 0 fully saturated rings. The Morgan fingerprint density at radius 1 is 1.22 bits per heavy atom. The maximum atomic E-state index is 12.4. The molecule has 0 bridgehead atoms. The number of nitrogens with zero attached hydrogens (tertiary/aromatic N) is 2. The number of ether oxygens (including phenoxy) is 2. The molecule has 126 valence electrons. The zero-order chi connectivity index (χ0) is 16.9. The van der Waals surface area contributed by atoms with Gasteiger partial charge in [0.25, 0.3) is 0 Å². The molecule has 1 aromatic heterocycles. The number of nitrogens with one attached hydrogen (secondary N) is 1. The van der Waals surface area contributed by atoms with E-state index >= 15 is 0 Å². The van der Waals surface area contributed by atoms with Crippen molar-refractivity contribution in [1.29, 1.82) is 0 Å². The Bertz CT molecular complexity index is 756. The quantitative estimate of drug-likeness (QED) is 0.738. The lowest BCUT2D eigenvalue weighted by Gasteiger charge is -2.12. The van der Waals surface area contributed by atoms with Gasteiger partial charge in [-0.05, 0) is 31.5 Å². The van der Waals surface area contributed by atoms with Gasteiger partial charge in [0.2, 0.25) is 10.0 Å². The second-order valence-corrected chi connectivity index (χ2v) is 6.70. The van der Waals surface area contributed by atoms with Crippen molar-refractivity contribution in [2.45, 2.75) is 24.8 Å². The van der Waals surface area contributed by atoms with Crippen LogP contribution in [0.1, 0.15) is 12.1 Å². The summed E-state index contributed by atoms with van der Waals surface area (Å²) in [4.78, 5) is 0.0645. The van der Waals surface area contributed by atoms with Crippen molar-refractivity contribution in [1.82, 2.24) is 14.5 Å². The molecule has 0 unspecified atom stereocenters. The van der Waals surface area contributed by atoms with Crippen LogP contribution in [0.3, 0.4) is 0 Å². The predicted octanol–water partition coefficient (Wildman–Crippen LogP) is 1.58.